The molecule has 0 spiro atoms. The maximum absolute atomic E-state index is 4.90. The second-order valence-electron chi connectivity index (χ2n) is 5.40. The second kappa shape index (κ2) is 5.53. The summed E-state index contributed by atoms with van der Waals surface area (Å²) in [6.07, 6.45) is 4.35. The Morgan fingerprint density at radius 3 is 2.81 bits per heavy atom. The van der Waals surface area contributed by atoms with Gasteiger partial charge in [0.25, 0.3) is 0 Å². The van der Waals surface area contributed by atoms with Crippen molar-refractivity contribution >= 4 is 22.9 Å². The Hall–Kier alpha value is -1.81. The van der Waals surface area contributed by atoms with E-state index in [1.165, 1.54) is 24.4 Å². The van der Waals surface area contributed by atoms with E-state index in [0.717, 1.165) is 22.6 Å². The van der Waals surface area contributed by atoms with E-state index >= 15 is 0 Å². The molecule has 3 nitrogen and oxygen atoms in total. The van der Waals surface area contributed by atoms with Gasteiger partial charge >= 0.3 is 0 Å². The zero-order chi connectivity index (χ0) is 14.1. The molecule has 106 valence electrons. The van der Waals surface area contributed by atoms with E-state index in [1.807, 2.05) is 30.1 Å². The van der Waals surface area contributed by atoms with Gasteiger partial charge in [-0.05, 0) is 42.9 Å². The first-order valence-electron chi connectivity index (χ1n) is 7.40. The van der Waals surface area contributed by atoms with Crippen molar-refractivity contribution in [2.45, 2.75) is 18.8 Å². The zero-order valence-corrected chi connectivity index (χ0v) is 12.6. The molecule has 1 aliphatic rings. The molecular formula is C17H17N3S. The molecule has 1 unspecified atom stereocenters. The fraction of sp³-hybridized carbons (Fsp3) is 0.294. The molecule has 3 aromatic rings. The molecule has 0 radical (unpaired) electrons. The van der Waals surface area contributed by atoms with Crippen molar-refractivity contribution in [2.75, 3.05) is 11.5 Å². The zero-order valence-electron chi connectivity index (χ0n) is 11.8. The first kappa shape index (κ1) is 12.9. The van der Waals surface area contributed by atoms with Crippen LogP contribution >= 0.6 is 11.8 Å². The lowest BCUT2D eigenvalue weighted by molar-refractivity contribution is 0.617. The Morgan fingerprint density at radius 1 is 1.10 bits per heavy atom. The molecule has 4 rings (SSSR count). The van der Waals surface area contributed by atoms with Crippen LogP contribution in [0.2, 0.25) is 0 Å². The Bertz CT molecular complexity index is 745. The normalized spacial score (nSPS) is 19.0. The van der Waals surface area contributed by atoms with E-state index in [0.29, 0.717) is 5.92 Å². The monoisotopic (exact) mass is 295 g/mol. The van der Waals surface area contributed by atoms with Gasteiger partial charge in [-0.25, -0.2) is 9.97 Å². The average molecular weight is 295 g/mol. The summed E-state index contributed by atoms with van der Waals surface area (Å²) in [5.74, 6) is 4.14. The van der Waals surface area contributed by atoms with Crippen LogP contribution in [0.1, 0.15) is 24.6 Å². The third kappa shape index (κ3) is 2.33. The number of benzene rings is 1. The molecule has 0 N–H and O–H groups in total. The average Bonchev–Trinajstić information content (AvgIpc) is 2.96. The van der Waals surface area contributed by atoms with Gasteiger partial charge in [0.1, 0.15) is 11.3 Å². The second-order valence-corrected chi connectivity index (χ2v) is 6.55. The van der Waals surface area contributed by atoms with Crippen LogP contribution in [0.3, 0.4) is 0 Å². The Kier molecular flexibility index (Phi) is 3.39. The summed E-state index contributed by atoms with van der Waals surface area (Å²) in [4.78, 5) is 9.47. The number of pyridine rings is 1. The van der Waals surface area contributed by atoms with Crippen molar-refractivity contribution in [3.05, 3.63) is 54.5 Å². The van der Waals surface area contributed by atoms with E-state index in [2.05, 4.69) is 39.9 Å². The van der Waals surface area contributed by atoms with E-state index < -0.39 is 0 Å². The van der Waals surface area contributed by atoms with E-state index in [-0.39, 0.29) is 0 Å². The Labute approximate surface area is 128 Å². The summed E-state index contributed by atoms with van der Waals surface area (Å²) in [5.41, 5.74) is 3.12. The molecule has 3 heterocycles. The summed E-state index contributed by atoms with van der Waals surface area (Å²) in [7, 11) is 0. The fourth-order valence-electron chi connectivity index (χ4n) is 2.98. The van der Waals surface area contributed by atoms with Crippen LogP contribution in [-0.4, -0.2) is 26.0 Å². The molecule has 0 bridgehead atoms. The highest BCUT2D eigenvalue weighted by Crippen LogP contribution is 2.33. The van der Waals surface area contributed by atoms with Gasteiger partial charge in [0.15, 0.2) is 5.65 Å². The summed E-state index contributed by atoms with van der Waals surface area (Å²) in [6.45, 7) is 0. The minimum absolute atomic E-state index is 0.526. The summed E-state index contributed by atoms with van der Waals surface area (Å²) >= 11 is 2.04. The fourth-order valence-corrected chi connectivity index (χ4v) is 4.12. The molecule has 0 aliphatic carbocycles. The number of fused-ring (bicyclic) bond motifs is 1. The smallest absolute Gasteiger partial charge is 0.164 e. The van der Waals surface area contributed by atoms with Gasteiger partial charge in [-0.3, -0.25) is 4.57 Å². The minimum atomic E-state index is 0.526. The predicted molar refractivity (Wildman–Crippen MR) is 88.2 cm³/mol. The van der Waals surface area contributed by atoms with Gasteiger partial charge in [-0.1, -0.05) is 18.2 Å². The summed E-state index contributed by atoms with van der Waals surface area (Å²) in [5, 5.41) is 0. The largest absolute Gasteiger partial charge is 0.280 e. The third-order valence-corrected chi connectivity index (χ3v) is 5.20. The van der Waals surface area contributed by atoms with Crippen molar-refractivity contribution in [2.24, 2.45) is 0 Å². The maximum atomic E-state index is 4.90. The number of nitrogens with zero attached hydrogens (tertiary/aromatic N) is 3. The molecular weight excluding hydrogens is 278 g/mol. The Balaban J connectivity index is 1.92. The van der Waals surface area contributed by atoms with Gasteiger partial charge in [-0.15, -0.1) is 0 Å². The minimum Gasteiger partial charge on any atom is -0.280 e. The van der Waals surface area contributed by atoms with Crippen molar-refractivity contribution in [3.8, 4) is 5.69 Å². The molecule has 0 saturated carbocycles. The molecule has 1 aliphatic heterocycles. The van der Waals surface area contributed by atoms with Crippen molar-refractivity contribution < 1.29 is 0 Å². The predicted octanol–water partition coefficient (Wildman–Crippen LogP) is 4.03. The number of hydrogen-bond acceptors (Lipinski definition) is 3. The van der Waals surface area contributed by atoms with E-state index in [9.17, 15) is 0 Å². The number of aromatic nitrogens is 3. The molecule has 2 aromatic heterocycles. The lowest BCUT2D eigenvalue weighted by Crippen LogP contribution is -2.14. The molecule has 21 heavy (non-hydrogen) atoms. The van der Waals surface area contributed by atoms with Crippen LogP contribution in [0.25, 0.3) is 16.9 Å². The van der Waals surface area contributed by atoms with Crippen LogP contribution in [0.5, 0.6) is 0 Å². The summed E-state index contributed by atoms with van der Waals surface area (Å²) < 4.78 is 2.24. The lowest BCUT2D eigenvalue weighted by atomic mass is 10.0. The number of thioether (sulfide) groups is 1. The van der Waals surface area contributed by atoms with Gasteiger partial charge < -0.3 is 0 Å². The lowest BCUT2D eigenvalue weighted by Gasteiger charge is -2.21. The van der Waals surface area contributed by atoms with Gasteiger partial charge in [0, 0.05) is 23.6 Å². The Morgan fingerprint density at radius 2 is 2.00 bits per heavy atom. The molecule has 0 amide bonds. The first-order chi connectivity index (χ1) is 10.4. The molecule has 4 heteroatoms. The highest BCUT2D eigenvalue weighted by atomic mass is 32.2. The van der Waals surface area contributed by atoms with Crippen LogP contribution in [0.15, 0.2) is 48.7 Å². The quantitative estimate of drug-likeness (QED) is 0.715. The van der Waals surface area contributed by atoms with Crippen molar-refractivity contribution in [1.29, 1.82) is 0 Å². The van der Waals surface area contributed by atoms with Crippen LogP contribution in [0, 0.1) is 0 Å². The number of para-hydroxylation sites is 1. The van der Waals surface area contributed by atoms with Crippen LogP contribution in [0.4, 0.5) is 0 Å². The van der Waals surface area contributed by atoms with Crippen LogP contribution < -0.4 is 0 Å². The number of imidazole rings is 1. The van der Waals surface area contributed by atoms with Gasteiger partial charge in [0.2, 0.25) is 0 Å². The number of rotatable bonds is 2. The standard InChI is InChI=1S/C17H17N3S/c1-2-7-14(8-3-1)20-16(13-6-5-11-21-12-13)19-15-9-4-10-18-17(15)20/h1-4,7-10,13H,5-6,11-12H2. The topological polar surface area (TPSA) is 30.7 Å². The summed E-state index contributed by atoms with van der Waals surface area (Å²) in [6, 6.07) is 14.5. The molecule has 1 fully saturated rings. The van der Waals surface area contributed by atoms with E-state index in [1.54, 1.807) is 0 Å². The van der Waals surface area contributed by atoms with Crippen LogP contribution in [-0.2, 0) is 0 Å². The maximum Gasteiger partial charge on any atom is 0.164 e. The van der Waals surface area contributed by atoms with Crippen molar-refractivity contribution in [1.82, 2.24) is 14.5 Å². The van der Waals surface area contributed by atoms with Crippen molar-refractivity contribution in [3.63, 3.8) is 0 Å². The molecule has 1 aromatic carbocycles. The van der Waals surface area contributed by atoms with E-state index in [4.69, 9.17) is 4.98 Å². The van der Waals surface area contributed by atoms with Gasteiger partial charge in [-0.2, -0.15) is 11.8 Å². The highest BCUT2D eigenvalue weighted by Gasteiger charge is 2.23. The third-order valence-electron chi connectivity index (χ3n) is 3.98. The highest BCUT2D eigenvalue weighted by molar-refractivity contribution is 7.99. The molecule has 1 atom stereocenters. The SMILES string of the molecule is c1ccc(-n2c(C3CCCSC3)nc3cccnc32)cc1. The number of hydrogen-bond donors (Lipinski definition) is 0. The van der Waals surface area contributed by atoms with Gasteiger partial charge in [0.05, 0.1) is 0 Å². The first-order valence-corrected chi connectivity index (χ1v) is 8.55. The molecule has 1 saturated heterocycles.